The van der Waals surface area contributed by atoms with E-state index in [9.17, 15) is 0 Å². The van der Waals surface area contributed by atoms with Gasteiger partial charge in [-0.15, -0.1) is 12.4 Å². The Kier molecular flexibility index (Phi) is 6.51. The maximum atomic E-state index is 5.82. The molecule has 1 aliphatic carbocycles. The van der Waals surface area contributed by atoms with Gasteiger partial charge in [-0.1, -0.05) is 37.8 Å². The Hall–Kier alpha value is -0.730. The van der Waals surface area contributed by atoms with Crippen LogP contribution in [0.5, 0.6) is 0 Å². The minimum absolute atomic E-state index is 0. The molecular weight excluding hydrogens is 244 g/mol. The summed E-state index contributed by atoms with van der Waals surface area (Å²) in [5.41, 5.74) is 8.02. The largest absolute Gasteiger partial charge is 0.399 e. The average molecular weight is 269 g/mol. The number of nitrogen functional groups attached to an aromatic ring is 1. The Morgan fingerprint density at radius 3 is 2.44 bits per heavy atom. The molecule has 1 aromatic rings. The minimum atomic E-state index is 0. The fourth-order valence-corrected chi connectivity index (χ4v) is 2.81. The maximum absolute atomic E-state index is 5.82. The van der Waals surface area contributed by atoms with Gasteiger partial charge in [-0.25, -0.2) is 0 Å². The number of rotatable bonds is 3. The molecule has 0 aromatic heterocycles. The number of hydrogen-bond acceptors (Lipinski definition) is 2. The first-order valence-electron chi connectivity index (χ1n) is 6.80. The molecule has 0 heterocycles. The quantitative estimate of drug-likeness (QED) is 0.667. The molecule has 1 aliphatic rings. The van der Waals surface area contributed by atoms with Crippen molar-refractivity contribution in [3.63, 3.8) is 0 Å². The van der Waals surface area contributed by atoms with Gasteiger partial charge in [-0.05, 0) is 37.6 Å². The van der Waals surface area contributed by atoms with Crippen LogP contribution in [0.25, 0.3) is 0 Å². The van der Waals surface area contributed by atoms with Crippen molar-refractivity contribution in [1.29, 1.82) is 0 Å². The lowest BCUT2D eigenvalue weighted by molar-refractivity contribution is 0.213. The minimum Gasteiger partial charge on any atom is -0.399 e. The SMILES string of the molecule is CN(Cc1cccc(N)c1)C1CCCCCC1.Cl. The van der Waals surface area contributed by atoms with Crippen LogP contribution < -0.4 is 5.73 Å². The van der Waals surface area contributed by atoms with Crippen molar-refractivity contribution in [3.8, 4) is 0 Å². The zero-order valence-corrected chi connectivity index (χ0v) is 12.1. The molecule has 2 rings (SSSR count). The van der Waals surface area contributed by atoms with E-state index < -0.39 is 0 Å². The summed E-state index contributed by atoms with van der Waals surface area (Å²) in [5, 5.41) is 0. The van der Waals surface area contributed by atoms with Gasteiger partial charge >= 0.3 is 0 Å². The fourth-order valence-electron chi connectivity index (χ4n) is 2.81. The van der Waals surface area contributed by atoms with Crippen LogP contribution in [0.3, 0.4) is 0 Å². The second kappa shape index (κ2) is 7.65. The lowest BCUT2D eigenvalue weighted by Crippen LogP contribution is -2.30. The molecule has 1 saturated carbocycles. The van der Waals surface area contributed by atoms with Gasteiger partial charge in [0.05, 0.1) is 0 Å². The van der Waals surface area contributed by atoms with Crippen molar-refractivity contribution in [3.05, 3.63) is 29.8 Å². The van der Waals surface area contributed by atoms with Gasteiger partial charge in [0.25, 0.3) is 0 Å². The van der Waals surface area contributed by atoms with E-state index in [0.717, 1.165) is 18.3 Å². The van der Waals surface area contributed by atoms with E-state index in [2.05, 4.69) is 24.1 Å². The van der Waals surface area contributed by atoms with Crippen LogP contribution in [0.2, 0.25) is 0 Å². The summed E-state index contributed by atoms with van der Waals surface area (Å²) in [4.78, 5) is 2.50. The monoisotopic (exact) mass is 268 g/mol. The molecule has 18 heavy (non-hydrogen) atoms. The van der Waals surface area contributed by atoms with Crippen molar-refractivity contribution < 1.29 is 0 Å². The zero-order chi connectivity index (χ0) is 12.1. The molecule has 1 fully saturated rings. The predicted octanol–water partition coefficient (Wildman–Crippen LogP) is 3.85. The highest BCUT2D eigenvalue weighted by molar-refractivity contribution is 5.85. The molecule has 3 heteroatoms. The van der Waals surface area contributed by atoms with E-state index in [4.69, 9.17) is 5.73 Å². The molecule has 1 aromatic carbocycles. The highest BCUT2D eigenvalue weighted by atomic mass is 35.5. The van der Waals surface area contributed by atoms with Gasteiger partial charge in [-0.3, -0.25) is 4.90 Å². The van der Waals surface area contributed by atoms with Gasteiger partial charge in [0, 0.05) is 18.3 Å². The smallest absolute Gasteiger partial charge is 0.0317 e. The first-order valence-corrected chi connectivity index (χ1v) is 6.80. The highest BCUT2D eigenvalue weighted by Gasteiger charge is 2.16. The van der Waals surface area contributed by atoms with Crippen LogP contribution >= 0.6 is 12.4 Å². The Labute approximate surface area is 117 Å². The third kappa shape index (κ3) is 4.51. The van der Waals surface area contributed by atoms with E-state index in [1.54, 1.807) is 0 Å². The summed E-state index contributed by atoms with van der Waals surface area (Å²) in [6.45, 7) is 1.02. The molecule has 0 radical (unpaired) electrons. The first kappa shape index (κ1) is 15.3. The van der Waals surface area contributed by atoms with E-state index in [1.807, 2.05) is 12.1 Å². The van der Waals surface area contributed by atoms with Gasteiger partial charge in [0.2, 0.25) is 0 Å². The normalized spacial score (nSPS) is 17.2. The summed E-state index contributed by atoms with van der Waals surface area (Å²) in [6, 6.07) is 9.02. The van der Waals surface area contributed by atoms with Crippen molar-refractivity contribution in [2.24, 2.45) is 0 Å². The van der Waals surface area contributed by atoms with Gasteiger partial charge in [0.1, 0.15) is 0 Å². The van der Waals surface area contributed by atoms with Crippen molar-refractivity contribution >= 4 is 18.1 Å². The molecule has 0 spiro atoms. The number of nitrogens with zero attached hydrogens (tertiary/aromatic N) is 1. The Morgan fingerprint density at radius 2 is 1.83 bits per heavy atom. The molecule has 0 atom stereocenters. The summed E-state index contributed by atoms with van der Waals surface area (Å²) >= 11 is 0. The van der Waals surface area contributed by atoms with Crippen LogP contribution in [0.4, 0.5) is 5.69 Å². The second-order valence-electron chi connectivity index (χ2n) is 5.31. The lowest BCUT2D eigenvalue weighted by atomic mass is 10.1. The molecule has 2 nitrogen and oxygen atoms in total. The Morgan fingerprint density at radius 1 is 1.17 bits per heavy atom. The van der Waals surface area contributed by atoms with Gasteiger partial charge in [-0.2, -0.15) is 0 Å². The van der Waals surface area contributed by atoms with Crippen LogP contribution in [0.15, 0.2) is 24.3 Å². The van der Waals surface area contributed by atoms with Crippen LogP contribution in [0.1, 0.15) is 44.1 Å². The Balaban J connectivity index is 0.00000162. The van der Waals surface area contributed by atoms with Gasteiger partial charge in [0.15, 0.2) is 0 Å². The molecule has 0 aliphatic heterocycles. The summed E-state index contributed by atoms with van der Waals surface area (Å²) in [6.07, 6.45) is 8.35. The van der Waals surface area contributed by atoms with E-state index >= 15 is 0 Å². The summed E-state index contributed by atoms with van der Waals surface area (Å²) in [7, 11) is 2.25. The second-order valence-corrected chi connectivity index (χ2v) is 5.31. The highest BCUT2D eigenvalue weighted by Crippen LogP contribution is 2.22. The molecule has 0 amide bonds. The van der Waals surface area contributed by atoms with E-state index in [0.29, 0.717) is 0 Å². The number of halogens is 1. The number of nitrogens with two attached hydrogens (primary N) is 1. The lowest BCUT2D eigenvalue weighted by Gasteiger charge is -2.27. The molecule has 0 saturated heterocycles. The summed E-state index contributed by atoms with van der Waals surface area (Å²) < 4.78 is 0. The molecule has 0 bridgehead atoms. The molecule has 2 N–H and O–H groups in total. The van der Waals surface area contributed by atoms with E-state index in [1.165, 1.54) is 44.1 Å². The number of benzene rings is 1. The zero-order valence-electron chi connectivity index (χ0n) is 11.3. The first-order chi connectivity index (χ1) is 8.25. The average Bonchev–Trinajstić information content (AvgIpc) is 2.57. The standard InChI is InChI=1S/C15H24N2.ClH/c1-17(15-9-4-2-3-5-10-15)12-13-7-6-8-14(16)11-13;/h6-8,11,15H,2-5,9-10,12,16H2,1H3;1H. The maximum Gasteiger partial charge on any atom is 0.0317 e. The van der Waals surface area contributed by atoms with Gasteiger partial charge < -0.3 is 5.73 Å². The third-order valence-electron chi connectivity index (χ3n) is 3.83. The molecule has 0 unspecified atom stereocenters. The molecule has 102 valence electrons. The Bertz CT molecular complexity index is 346. The topological polar surface area (TPSA) is 29.3 Å². The third-order valence-corrected chi connectivity index (χ3v) is 3.83. The number of hydrogen-bond donors (Lipinski definition) is 1. The van der Waals surface area contributed by atoms with E-state index in [-0.39, 0.29) is 12.4 Å². The predicted molar refractivity (Wildman–Crippen MR) is 81.1 cm³/mol. The summed E-state index contributed by atoms with van der Waals surface area (Å²) in [5.74, 6) is 0. The van der Waals surface area contributed by atoms with Crippen LogP contribution in [0, 0.1) is 0 Å². The fraction of sp³-hybridized carbons (Fsp3) is 0.600. The van der Waals surface area contributed by atoms with Crippen molar-refractivity contribution in [2.45, 2.75) is 51.1 Å². The van der Waals surface area contributed by atoms with Crippen molar-refractivity contribution in [2.75, 3.05) is 12.8 Å². The van der Waals surface area contributed by atoms with Crippen molar-refractivity contribution in [1.82, 2.24) is 4.90 Å². The number of anilines is 1. The van der Waals surface area contributed by atoms with Crippen LogP contribution in [-0.2, 0) is 6.54 Å². The molecular formula is C15H25ClN2. The van der Waals surface area contributed by atoms with Crippen LogP contribution in [-0.4, -0.2) is 18.0 Å².